The third kappa shape index (κ3) is 5.32. The second-order valence-corrected chi connectivity index (χ2v) is 10.1. The van der Waals surface area contributed by atoms with Crippen molar-refractivity contribution in [3.63, 3.8) is 0 Å². The molecule has 4 heterocycles. The molecule has 2 aromatic heterocycles. The maximum absolute atomic E-state index is 10.3. The molecule has 0 radical (unpaired) electrons. The lowest BCUT2D eigenvalue weighted by Gasteiger charge is -2.44. The fraction of sp³-hybridized carbons (Fsp3) is 0.414. The number of anilines is 3. The summed E-state index contributed by atoms with van der Waals surface area (Å²) >= 11 is 0. The Morgan fingerprint density at radius 1 is 1.00 bits per heavy atom. The van der Waals surface area contributed by atoms with Gasteiger partial charge in [0.1, 0.15) is 11.4 Å². The topological polar surface area (TPSA) is 94.6 Å². The molecule has 192 valence electrons. The third-order valence-electron chi connectivity index (χ3n) is 7.65. The van der Waals surface area contributed by atoms with Gasteiger partial charge in [0.2, 0.25) is 0 Å². The van der Waals surface area contributed by atoms with Gasteiger partial charge in [-0.15, -0.1) is 10.2 Å². The van der Waals surface area contributed by atoms with E-state index in [0.29, 0.717) is 35.2 Å². The van der Waals surface area contributed by atoms with E-state index in [-0.39, 0.29) is 5.75 Å². The first kappa shape index (κ1) is 24.8. The van der Waals surface area contributed by atoms with E-state index in [2.05, 4.69) is 74.6 Å². The molecule has 0 unspecified atom stereocenters. The Morgan fingerprint density at radius 3 is 2.59 bits per heavy atom. The van der Waals surface area contributed by atoms with Crippen LogP contribution in [0.3, 0.4) is 0 Å². The molecule has 5 rings (SSSR count). The van der Waals surface area contributed by atoms with Gasteiger partial charge in [-0.25, -0.2) is 4.98 Å². The van der Waals surface area contributed by atoms with Gasteiger partial charge in [0.05, 0.1) is 17.9 Å². The molecule has 3 atom stereocenters. The fourth-order valence-corrected chi connectivity index (χ4v) is 5.41. The van der Waals surface area contributed by atoms with E-state index in [4.69, 9.17) is 5.73 Å². The standard InChI is InChI=1S/C29H35N7O/c1-20-11-14-34(27-19-26(32-33-29(27)30)25-8-4-5-9-28(25)37)15-16-36(20)24-10-12-31-23(18-24)7-6-13-35-21(2)17-22(35)3/h4-5,8-10,12,18-22,37H,11,13-17H2,1-3H3,(H2,30,33)/t20-,21-,22+/m0/s1. The number of nitrogen functional groups attached to an aromatic ring is 1. The Balaban J connectivity index is 1.31. The second-order valence-electron chi connectivity index (χ2n) is 10.1. The minimum Gasteiger partial charge on any atom is -0.507 e. The molecule has 2 fully saturated rings. The number of aromatic hydroxyl groups is 1. The van der Waals surface area contributed by atoms with E-state index >= 15 is 0 Å². The number of rotatable bonds is 4. The lowest BCUT2D eigenvalue weighted by Crippen LogP contribution is -2.52. The largest absolute Gasteiger partial charge is 0.507 e. The van der Waals surface area contributed by atoms with Gasteiger partial charge in [-0.05, 0) is 69.9 Å². The minimum atomic E-state index is 0.175. The van der Waals surface area contributed by atoms with E-state index in [1.165, 1.54) is 6.42 Å². The van der Waals surface area contributed by atoms with Crippen molar-refractivity contribution in [2.75, 3.05) is 41.7 Å². The van der Waals surface area contributed by atoms with Crippen molar-refractivity contribution in [2.24, 2.45) is 0 Å². The zero-order valence-corrected chi connectivity index (χ0v) is 21.8. The minimum absolute atomic E-state index is 0.175. The molecule has 3 aromatic rings. The molecular weight excluding hydrogens is 462 g/mol. The van der Waals surface area contributed by atoms with E-state index in [0.717, 1.165) is 49.7 Å². The van der Waals surface area contributed by atoms with Crippen LogP contribution in [0.1, 0.15) is 39.3 Å². The number of phenolic OH excluding ortho intramolecular Hbond substituents is 1. The molecule has 8 heteroatoms. The number of nitrogens with two attached hydrogens (primary N) is 1. The van der Waals surface area contributed by atoms with Crippen molar-refractivity contribution in [3.05, 3.63) is 54.4 Å². The summed E-state index contributed by atoms with van der Waals surface area (Å²) in [6.07, 6.45) is 4.06. The van der Waals surface area contributed by atoms with Crippen LogP contribution in [0.2, 0.25) is 0 Å². The zero-order valence-electron chi connectivity index (χ0n) is 21.8. The smallest absolute Gasteiger partial charge is 0.169 e. The van der Waals surface area contributed by atoms with Crippen molar-refractivity contribution in [1.29, 1.82) is 0 Å². The lowest BCUT2D eigenvalue weighted by atomic mass is 9.96. The number of para-hydroxylation sites is 1. The van der Waals surface area contributed by atoms with Crippen molar-refractivity contribution in [3.8, 4) is 28.8 Å². The highest BCUT2D eigenvalue weighted by Crippen LogP contribution is 2.32. The van der Waals surface area contributed by atoms with Crippen molar-refractivity contribution in [1.82, 2.24) is 20.1 Å². The first-order valence-corrected chi connectivity index (χ1v) is 13.0. The quantitative estimate of drug-likeness (QED) is 0.526. The first-order valence-electron chi connectivity index (χ1n) is 13.0. The van der Waals surface area contributed by atoms with Crippen molar-refractivity contribution < 1.29 is 5.11 Å². The van der Waals surface area contributed by atoms with Gasteiger partial charge in [0.15, 0.2) is 5.82 Å². The molecule has 1 aromatic carbocycles. The number of phenols is 1. The van der Waals surface area contributed by atoms with Crippen molar-refractivity contribution in [2.45, 2.75) is 51.7 Å². The van der Waals surface area contributed by atoms with E-state index < -0.39 is 0 Å². The molecule has 2 aliphatic heterocycles. The Hall–Kier alpha value is -3.83. The Bertz CT molecular complexity index is 1310. The molecule has 2 saturated heterocycles. The number of benzene rings is 1. The molecule has 37 heavy (non-hydrogen) atoms. The normalized spacial score (nSPS) is 22.1. The molecular formula is C29H35N7O. The Kier molecular flexibility index (Phi) is 7.15. The van der Waals surface area contributed by atoms with Crippen LogP contribution in [0.4, 0.5) is 17.2 Å². The fourth-order valence-electron chi connectivity index (χ4n) is 5.41. The van der Waals surface area contributed by atoms with Gasteiger partial charge >= 0.3 is 0 Å². The number of hydrogen-bond donors (Lipinski definition) is 2. The van der Waals surface area contributed by atoms with Crippen LogP contribution in [0.25, 0.3) is 11.3 Å². The number of aromatic nitrogens is 3. The van der Waals surface area contributed by atoms with Crippen LogP contribution in [0.15, 0.2) is 48.7 Å². The van der Waals surface area contributed by atoms with E-state index in [1.807, 2.05) is 24.4 Å². The predicted octanol–water partition coefficient (Wildman–Crippen LogP) is 3.77. The summed E-state index contributed by atoms with van der Waals surface area (Å²) in [7, 11) is 0. The second kappa shape index (κ2) is 10.7. The highest BCUT2D eigenvalue weighted by atomic mass is 16.3. The molecule has 8 nitrogen and oxygen atoms in total. The first-order chi connectivity index (χ1) is 17.9. The molecule has 2 aliphatic rings. The predicted molar refractivity (Wildman–Crippen MR) is 149 cm³/mol. The zero-order chi connectivity index (χ0) is 25.9. The van der Waals surface area contributed by atoms with E-state index in [1.54, 1.807) is 12.1 Å². The van der Waals surface area contributed by atoms with E-state index in [9.17, 15) is 5.11 Å². The molecule has 0 aliphatic carbocycles. The number of hydrogen-bond acceptors (Lipinski definition) is 8. The van der Waals surface area contributed by atoms with Crippen molar-refractivity contribution >= 4 is 17.2 Å². The SMILES string of the molecule is C[C@@H]1C[C@H](C)N1CC#Cc1cc(N2CCN(c3cc(-c4ccccc4O)nnc3N)CC[C@@H]2C)ccn1. The van der Waals surface area contributed by atoms with Gasteiger partial charge < -0.3 is 20.6 Å². The molecule has 0 amide bonds. The summed E-state index contributed by atoms with van der Waals surface area (Å²) in [5.74, 6) is 7.16. The van der Waals surface area contributed by atoms with Crippen LogP contribution in [0, 0.1) is 11.8 Å². The molecule has 0 spiro atoms. The highest BCUT2D eigenvalue weighted by Gasteiger charge is 2.30. The van der Waals surface area contributed by atoms with Crippen LogP contribution in [-0.2, 0) is 0 Å². The molecule has 0 saturated carbocycles. The van der Waals surface area contributed by atoms with Crippen LogP contribution < -0.4 is 15.5 Å². The lowest BCUT2D eigenvalue weighted by molar-refractivity contribution is 0.0540. The average molecular weight is 498 g/mol. The molecule has 0 bridgehead atoms. The average Bonchev–Trinajstić information content (AvgIpc) is 3.09. The van der Waals surface area contributed by atoms with Crippen LogP contribution in [-0.4, -0.2) is 69.5 Å². The molecule has 3 N–H and O–H groups in total. The Morgan fingerprint density at radius 2 is 1.81 bits per heavy atom. The summed E-state index contributed by atoms with van der Waals surface area (Å²) in [6, 6.07) is 14.8. The van der Waals surface area contributed by atoms with Crippen LogP contribution >= 0.6 is 0 Å². The third-order valence-corrected chi connectivity index (χ3v) is 7.65. The number of pyridine rings is 1. The Labute approximate surface area is 219 Å². The monoisotopic (exact) mass is 497 g/mol. The summed E-state index contributed by atoms with van der Waals surface area (Å²) in [4.78, 5) is 11.6. The summed E-state index contributed by atoms with van der Waals surface area (Å²) in [6.45, 7) is 10.0. The van der Waals surface area contributed by atoms with Gasteiger partial charge in [-0.3, -0.25) is 4.90 Å². The maximum atomic E-state index is 10.3. The van der Waals surface area contributed by atoms with Gasteiger partial charge in [0.25, 0.3) is 0 Å². The number of likely N-dealkylation sites (tertiary alicyclic amines) is 1. The van der Waals surface area contributed by atoms with Gasteiger partial charge in [-0.1, -0.05) is 18.1 Å². The summed E-state index contributed by atoms with van der Waals surface area (Å²) in [5, 5.41) is 18.7. The summed E-state index contributed by atoms with van der Waals surface area (Å²) in [5.41, 5.74) is 10.3. The van der Waals surface area contributed by atoms with Gasteiger partial charge in [-0.2, -0.15) is 0 Å². The summed E-state index contributed by atoms with van der Waals surface area (Å²) < 4.78 is 0. The van der Waals surface area contributed by atoms with Gasteiger partial charge in [0, 0.05) is 55.2 Å². The van der Waals surface area contributed by atoms with Crippen LogP contribution in [0.5, 0.6) is 5.75 Å². The number of nitrogens with zero attached hydrogens (tertiary/aromatic N) is 6. The maximum Gasteiger partial charge on any atom is 0.169 e. The highest BCUT2D eigenvalue weighted by molar-refractivity contribution is 5.74.